The summed E-state index contributed by atoms with van der Waals surface area (Å²) >= 11 is 1.26. The Labute approximate surface area is 205 Å². The maximum Gasteiger partial charge on any atom is 0.250 e. The van der Waals surface area contributed by atoms with Crippen LogP contribution in [0.1, 0.15) is 5.56 Å². The summed E-state index contributed by atoms with van der Waals surface area (Å²) < 4.78 is 18.0. The first-order valence-corrected chi connectivity index (χ1v) is 11.5. The van der Waals surface area contributed by atoms with E-state index in [4.69, 9.17) is 14.2 Å². The number of ether oxygens (including phenoxy) is 3. The molecule has 5 rings (SSSR count). The summed E-state index contributed by atoms with van der Waals surface area (Å²) in [7, 11) is 1.56. The van der Waals surface area contributed by atoms with Crippen LogP contribution in [0.25, 0.3) is 17.1 Å². The standard InChI is InChI=1S/C24H20N6O4S/c1-32-19-9-16(11-25-13-19)12-26-27-22(31)14-35-24-29-28-23(30(24)18-5-3-2-4-6-18)17-7-8-20-21(10-17)34-15-33-20/h2-13H,14-15H2,1H3,(H,27,31)/b26-12+. The molecule has 0 atom stereocenters. The topological polar surface area (TPSA) is 113 Å². The van der Waals surface area contributed by atoms with E-state index < -0.39 is 0 Å². The van der Waals surface area contributed by atoms with Gasteiger partial charge in [-0.05, 0) is 36.4 Å². The maximum atomic E-state index is 12.4. The molecule has 176 valence electrons. The molecule has 0 spiro atoms. The Morgan fingerprint density at radius 2 is 2.00 bits per heavy atom. The number of thioether (sulfide) groups is 1. The lowest BCUT2D eigenvalue weighted by molar-refractivity contribution is -0.118. The third-order valence-electron chi connectivity index (χ3n) is 4.98. The zero-order valence-corrected chi connectivity index (χ0v) is 19.4. The molecule has 10 nitrogen and oxygen atoms in total. The number of carbonyl (C=O) groups excluding carboxylic acids is 1. The predicted molar refractivity (Wildman–Crippen MR) is 130 cm³/mol. The fourth-order valence-corrected chi connectivity index (χ4v) is 4.10. The first kappa shape index (κ1) is 22.4. The number of rotatable bonds is 8. The lowest BCUT2D eigenvalue weighted by Crippen LogP contribution is -2.20. The molecule has 1 aliphatic rings. The van der Waals surface area contributed by atoms with Crippen molar-refractivity contribution >= 4 is 23.9 Å². The van der Waals surface area contributed by atoms with Gasteiger partial charge < -0.3 is 14.2 Å². The van der Waals surface area contributed by atoms with Gasteiger partial charge in [-0.1, -0.05) is 30.0 Å². The number of hydrogen-bond donors (Lipinski definition) is 1. The molecule has 0 saturated heterocycles. The summed E-state index contributed by atoms with van der Waals surface area (Å²) in [5.74, 6) is 2.39. The number of benzene rings is 2. The fourth-order valence-electron chi connectivity index (χ4n) is 3.35. The zero-order valence-electron chi connectivity index (χ0n) is 18.6. The second-order valence-corrected chi connectivity index (χ2v) is 8.23. The molecular formula is C24H20N6O4S. The number of methoxy groups -OCH3 is 1. The van der Waals surface area contributed by atoms with Crippen molar-refractivity contribution in [2.45, 2.75) is 5.16 Å². The van der Waals surface area contributed by atoms with E-state index in [0.717, 1.165) is 11.3 Å². The van der Waals surface area contributed by atoms with Gasteiger partial charge in [0.25, 0.3) is 5.91 Å². The van der Waals surface area contributed by atoms with E-state index in [9.17, 15) is 4.79 Å². The third kappa shape index (κ3) is 5.09. The van der Waals surface area contributed by atoms with Crippen LogP contribution in [-0.2, 0) is 4.79 Å². The Balaban J connectivity index is 1.32. The number of nitrogens with zero attached hydrogens (tertiary/aromatic N) is 5. The summed E-state index contributed by atoms with van der Waals surface area (Å²) in [6, 6.07) is 17.1. The Morgan fingerprint density at radius 3 is 2.86 bits per heavy atom. The van der Waals surface area contributed by atoms with Gasteiger partial charge in [-0.25, -0.2) is 5.43 Å². The van der Waals surface area contributed by atoms with E-state index in [1.165, 1.54) is 18.0 Å². The smallest absolute Gasteiger partial charge is 0.250 e. The number of carbonyl (C=O) groups is 1. The van der Waals surface area contributed by atoms with Crippen molar-refractivity contribution in [3.63, 3.8) is 0 Å². The second kappa shape index (κ2) is 10.3. The highest BCUT2D eigenvalue weighted by Crippen LogP contribution is 2.37. The lowest BCUT2D eigenvalue weighted by Gasteiger charge is -2.10. The zero-order chi connectivity index (χ0) is 24.0. The molecule has 11 heteroatoms. The van der Waals surface area contributed by atoms with Crippen LogP contribution in [-0.4, -0.2) is 51.5 Å². The van der Waals surface area contributed by atoms with Crippen LogP contribution in [0.3, 0.4) is 0 Å². The molecule has 1 aliphatic heterocycles. The number of nitrogens with one attached hydrogen (secondary N) is 1. The van der Waals surface area contributed by atoms with Crippen molar-refractivity contribution < 1.29 is 19.0 Å². The molecule has 0 unspecified atom stereocenters. The average Bonchev–Trinajstić information content (AvgIpc) is 3.54. The molecule has 0 radical (unpaired) electrons. The van der Waals surface area contributed by atoms with E-state index in [2.05, 4.69) is 25.7 Å². The predicted octanol–water partition coefficient (Wildman–Crippen LogP) is 3.31. The maximum absolute atomic E-state index is 12.4. The Bertz CT molecular complexity index is 1380. The highest BCUT2D eigenvalue weighted by Gasteiger charge is 2.20. The van der Waals surface area contributed by atoms with Gasteiger partial charge in [-0.3, -0.25) is 14.3 Å². The van der Waals surface area contributed by atoms with E-state index >= 15 is 0 Å². The SMILES string of the molecule is COc1cncc(/C=N/NC(=O)CSc2nnc(-c3ccc4c(c3)OCO4)n2-c2ccccc2)c1. The molecule has 0 aliphatic carbocycles. The van der Waals surface area contributed by atoms with Crippen molar-refractivity contribution in [1.82, 2.24) is 25.2 Å². The minimum absolute atomic E-state index is 0.0970. The van der Waals surface area contributed by atoms with Crippen molar-refractivity contribution in [3.05, 3.63) is 72.6 Å². The average molecular weight is 489 g/mol. The van der Waals surface area contributed by atoms with Crippen LogP contribution in [0.2, 0.25) is 0 Å². The van der Waals surface area contributed by atoms with E-state index in [1.807, 2.05) is 53.1 Å². The van der Waals surface area contributed by atoms with Crippen molar-refractivity contribution in [2.75, 3.05) is 19.7 Å². The van der Waals surface area contributed by atoms with Crippen molar-refractivity contribution in [1.29, 1.82) is 0 Å². The largest absolute Gasteiger partial charge is 0.495 e. The molecule has 0 saturated carbocycles. The highest BCUT2D eigenvalue weighted by atomic mass is 32.2. The third-order valence-corrected chi connectivity index (χ3v) is 5.91. The van der Waals surface area contributed by atoms with Crippen LogP contribution < -0.4 is 19.6 Å². The van der Waals surface area contributed by atoms with Gasteiger partial charge in [0.2, 0.25) is 6.79 Å². The van der Waals surface area contributed by atoms with Crippen LogP contribution >= 0.6 is 11.8 Å². The number of pyridine rings is 1. The molecule has 1 N–H and O–H groups in total. The number of amides is 1. The summed E-state index contributed by atoms with van der Waals surface area (Å²) in [6.45, 7) is 0.192. The lowest BCUT2D eigenvalue weighted by atomic mass is 10.2. The molecule has 3 heterocycles. The molecule has 0 bridgehead atoms. The Kier molecular flexibility index (Phi) is 6.57. The molecule has 4 aromatic rings. The molecular weight excluding hydrogens is 468 g/mol. The Morgan fingerprint density at radius 1 is 1.14 bits per heavy atom. The molecule has 35 heavy (non-hydrogen) atoms. The molecule has 1 amide bonds. The first-order chi connectivity index (χ1) is 17.2. The molecule has 2 aromatic carbocycles. The monoisotopic (exact) mass is 488 g/mol. The van der Waals surface area contributed by atoms with Crippen LogP contribution in [0.4, 0.5) is 0 Å². The summed E-state index contributed by atoms with van der Waals surface area (Å²) in [5.41, 5.74) is 4.91. The van der Waals surface area contributed by atoms with E-state index in [1.54, 1.807) is 25.6 Å². The van der Waals surface area contributed by atoms with Crippen LogP contribution in [0, 0.1) is 0 Å². The van der Waals surface area contributed by atoms with Crippen LogP contribution in [0.15, 0.2) is 77.2 Å². The quantitative estimate of drug-likeness (QED) is 0.228. The normalized spacial score (nSPS) is 12.1. The second-order valence-electron chi connectivity index (χ2n) is 7.29. The number of hydrogen-bond acceptors (Lipinski definition) is 9. The van der Waals surface area contributed by atoms with E-state index in [0.29, 0.717) is 33.8 Å². The first-order valence-electron chi connectivity index (χ1n) is 10.6. The fraction of sp³-hybridized carbons (Fsp3) is 0.125. The van der Waals surface area contributed by atoms with Gasteiger partial charge in [0, 0.05) is 23.0 Å². The number of para-hydroxylation sites is 1. The van der Waals surface area contributed by atoms with Crippen molar-refractivity contribution in [3.8, 4) is 34.3 Å². The number of fused-ring (bicyclic) bond motifs is 1. The van der Waals surface area contributed by atoms with Gasteiger partial charge in [0.05, 0.1) is 25.3 Å². The number of hydrazone groups is 1. The summed E-state index contributed by atoms with van der Waals surface area (Å²) in [5, 5.41) is 13.3. The van der Waals surface area contributed by atoms with Crippen LogP contribution in [0.5, 0.6) is 17.2 Å². The van der Waals surface area contributed by atoms with Gasteiger partial charge in [0.15, 0.2) is 22.5 Å². The summed E-state index contributed by atoms with van der Waals surface area (Å²) in [6.07, 6.45) is 4.71. The minimum atomic E-state index is -0.283. The van der Waals surface area contributed by atoms with Gasteiger partial charge >= 0.3 is 0 Å². The minimum Gasteiger partial charge on any atom is -0.495 e. The number of aromatic nitrogens is 4. The van der Waals surface area contributed by atoms with Gasteiger partial charge in [0.1, 0.15) is 5.75 Å². The molecule has 0 fully saturated rings. The van der Waals surface area contributed by atoms with Gasteiger partial charge in [-0.2, -0.15) is 5.10 Å². The summed E-state index contributed by atoms with van der Waals surface area (Å²) in [4.78, 5) is 16.5. The Hall–Kier alpha value is -4.38. The molecule has 2 aromatic heterocycles. The van der Waals surface area contributed by atoms with Gasteiger partial charge in [-0.15, -0.1) is 10.2 Å². The van der Waals surface area contributed by atoms with E-state index in [-0.39, 0.29) is 18.5 Å². The van der Waals surface area contributed by atoms with Crippen molar-refractivity contribution in [2.24, 2.45) is 5.10 Å². The highest BCUT2D eigenvalue weighted by molar-refractivity contribution is 7.99.